The van der Waals surface area contributed by atoms with Crippen LogP contribution in [0.5, 0.6) is 0 Å². The summed E-state index contributed by atoms with van der Waals surface area (Å²) >= 11 is 0. The van der Waals surface area contributed by atoms with Crippen LogP contribution in [0, 0.1) is 0 Å². The van der Waals surface area contributed by atoms with Crippen molar-refractivity contribution in [2.75, 3.05) is 37.3 Å². The zero-order chi connectivity index (χ0) is 14.0. The van der Waals surface area contributed by atoms with Crippen molar-refractivity contribution in [2.24, 2.45) is 0 Å². The minimum absolute atomic E-state index is 0.246. The van der Waals surface area contributed by atoms with E-state index in [4.69, 9.17) is 5.73 Å². The molecule has 2 rings (SSSR count). The predicted molar refractivity (Wildman–Crippen MR) is 76.7 cm³/mol. The van der Waals surface area contributed by atoms with Crippen molar-refractivity contribution >= 4 is 17.3 Å². The van der Waals surface area contributed by atoms with E-state index in [9.17, 15) is 9.90 Å². The van der Waals surface area contributed by atoms with E-state index in [-0.39, 0.29) is 11.6 Å². The summed E-state index contributed by atoms with van der Waals surface area (Å²) in [4.78, 5) is 15.8. The lowest BCUT2D eigenvalue weighted by Gasteiger charge is -2.32. The van der Waals surface area contributed by atoms with Gasteiger partial charge in [-0.1, -0.05) is 6.07 Å². The standard InChI is InChI=1S/C14H21N3O2/c1-10-9-16(2)7-4-8-17(10)13-11(14(18)19)5-3-6-12(13)15/h3,5-6,10H,4,7-9,15H2,1-2H3,(H,18,19). The number of hydrogen-bond donors (Lipinski definition) is 2. The van der Waals surface area contributed by atoms with Crippen LogP contribution in [-0.4, -0.2) is 48.7 Å². The molecule has 1 aliphatic rings. The van der Waals surface area contributed by atoms with E-state index in [0.29, 0.717) is 11.4 Å². The molecule has 0 bridgehead atoms. The van der Waals surface area contributed by atoms with E-state index < -0.39 is 5.97 Å². The molecule has 0 aromatic heterocycles. The van der Waals surface area contributed by atoms with Gasteiger partial charge in [0.1, 0.15) is 0 Å². The van der Waals surface area contributed by atoms with Gasteiger partial charge in [-0.2, -0.15) is 0 Å². The number of rotatable bonds is 2. The molecule has 1 heterocycles. The Hall–Kier alpha value is -1.75. The van der Waals surface area contributed by atoms with Crippen LogP contribution in [0.2, 0.25) is 0 Å². The van der Waals surface area contributed by atoms with Gasteiger partial charge in [0, 0.05) is 19.1 Å². The lowest BCUT2D eigenvalue weighted by Crippen LogP contribution is -2.39. The maximum atomic E-state index is 11.4. The average molecular weight is 263 g/mol. The molecule has 1 aromatic carbocycles. The van der Waals surface area contributed by atoms with Crippen molar-refractivity contribution in [1.29, 1.82) is 0 Å². The molecule has 1 aromatic rings. The third-order valence-corrected chi connectivity index (χ3v) is 3.63. The highest BCUT2D eigenvalue weighted by atomic mass is 16.4. The summed E-state index contributed by atoms with van der Waals surface area (Å²) in [5.74, 6) is -0.924. The first kappa shape index (κ1) is 13.7. The molecule has 19 heavy (non-hydrogen) atoms. The van der Waals surface area contributed by atoms with E-state index in [2.05, 4.69) is 23.8 Å². The predicted octanol–water partition coefficient (Wildman–Crippen LogP) is 1.50. The molecule has 0 amide bonds. The number of benzene rings is 1. The Labute approximate surface area is 113 Å². The normalized spacial score (nSPS) is 21.2. The summed E-state index contributed by atoms with van der Waals surface area (Å²) in [7, 11) is 2.09. The molecular formula is C14H21N3O2. The average Bonchev–Trinajstić information content (AvgIpc) is 2.50. The first-order chi connectivity index (χ1) is 9.00. The zero-order valence-electron chi connectivity index (χ0n) is 11.5. The summed E-state index contributed by atoms with van der Waals surface area (Å²) in [5, 5.41) is 9.34. The molecule has 104 valence electrons. The first-order valence-electron chi connectivity index (χ1n) is 6.57. The van der Waals surface area contributed by atoms with Crippen LogP contribution in [0.4, 0.5) is 11.4 Å². The van der Waals surface area contributed by atoms with Crippen LogP contribution >= 0.6 is 0 Å². The van der Waals surface area contributed by atoms with E-state index in [0.717, 1.165) is 26.1 Å². The molecule has 1 saturated heterocycles. The molecule has 1 unspecified atom stereocenters. The summed E-state index contributed by atoms with van der Waals surface area (Å²) < 4.78 is 0. The van der Waals surface area contributed by atoms with Gasteiger partial charge in [0.2, 0.25) is 0 Å². The van der Waals surface area contributed by atoms with Gasteiger partial charge in [-0.05, 0) is 39.1 Å². The Morgan fingerprint density at radius 3 is 2.84 bits per heavy atom. The summed E-state index contributed by atoms with van der Waals surface area (Å²) in [6.07, 6.45) is 1.01. The van der Waals surface area contributed by atoms with Gasteiger partial charge in [0.15, 0.2) is 0 Å². The number of hydrogen-bond acceptors (Lipinski definition) is 4. The van der Waals surface area contributed by atoms with Crippen molar-refractivity contribution in [3.05, 3.63) is 23.8 Å². The van der Waals surface area contributed by atoms with E-state index >= 15 is 0 Å². The molecular weight excluding hydrogens is 242 g/mol. The largest absolute Gasteiger partial charge is 0.478 e. The number of nitrogens with two attached hydrogens (primary N) is 1. The number of nitrogen functional groups attached to an aromatic ring is 1. The smallest absolute Gasteiger partial charge is 0.337 e. The highest BCUT2D eigenvalue weighted by Gasteiger charge is 2.25. The molecule has 0 radical (unpaired) electrons. The second-order valence-corrected chi connectivity index (χ2v) is 5.21. The number of carboxylic acids is 1. The van der Waals surface area contributed by atoms with Crippen LogP contribution in [0.25, 0.3) is 0 Å². The second kappa shape index (κ2) is 5.48. The van der Waals surface area contributed by atoms with Crippen LogP contribution in [0.3, 0.4) is 0 Å². The molecule has 0 spiro atoms. The van der Waals surface area contributed by atoms with Crippen molar-refractivity contribution in [1.82, 2.24) is 4.90 Å². The number of anilines is 2. The fourth-order valence-electron chi connectivity index (χ4n) is 2.76. The fourth-order valence-corrected chi connectivity index (χ4v) is 2.76. The maximum Gasteiger partial charge on any atom is 0.337 e. The quantitative estimate of drug-likeness (QED) is 0.791. The minimum atomic E-state index is -0.924. The third kappa shape index (κ3) is 2.81. The Morgan fingerprint density at radius 1 is 1.42 bits per heavy atom. The van der Waals surface area contributed by atoms with E-state index in [1.165, 1.54) is 0 Å². The van der Waals surface area contributed by atoms with Crippen molar-refractivity contribution in [2.45, 2.75) is 19.4 Å². The molecule has 1 fully saturated rings. The Morgan fingerprint density at radius 2 is 2.16 bits per heavy atom. The van der Waals surface area contributed by atoms with Crippen LogP contribution < -0.4 is 10.6 Å². The number of carbonyl (C=O) groups is 1. The Balaban J connectivity index is 2.42. The number of nitrogens with zero attached hydrogens (tertiary/aromatic N) is 2. The van der Waals surface area contributed by atoms with Gasteiger partial charge >= 0.3 is 5.97 Å². The molecule has 1 aliphatic heterocycles. The van der Waals surface area contributed by atoms with Gasteiger partial charge in [0.25, 0.3) is 0 Å². The lowest BCUT2D eigenvalue weighted by atomic mass is 10.1. The lowest BCUT2D eigenvalue weighted by molar-refractivity contribution is 0.0697. The number of para-hydroxylation sites is 1. The summed E-state index contributed by atoms with van der Waals surface area (Å²) in [5.41, 5.74) is 7.51. The SMILES string of the molecule is CC1CN(C)CCCN1c1c(N)cccc1C(=O)O. The van der Waals surface area contributed by atoms with Gasteiger partial charge in [0.05, 0.1) is 16.9 Å². The first-order valence-corrected chi connectivity index (χ1v) is 6.57. The Bertz CT molecular complexity index is 476. The number of aromatic carboxylic acids is 1. The minimum Gasteiger partial charge on any atom is -0.478 e. The number of carboxylic acid groups (broad SMARTS) is 1. The van der Waals surface area contributed by atoms with Gasteiger partial charge < -0.3 is 20.6 Å². The number of likely N-dealkylation sites (N-methyl/N-ethyl adjacent to an activating group) is 1. The molecule has 1 atom stereocenters. The monoisotopic (exact) mass is 263 g/mol. The van der Waals surface area contributed by atoms with E-state index in [1.54, 1.807) is 18.2 Å². The van der Waals surface area contributed by atoms with Crippen LogP contribution in [0.1, 0.15) is 23.7 Å². The highest BCUT2D eigenvalue weighted by molar-refractivity contribution is 5.98. The van der Waals surface area contributed by atoms with Crippen LogP contribution in [-0.2, 0) is 0 Å². The van der Waals surface area contributed by atoms with Crippen molar-refractivity contribution in [3.8, 4) is 0 Å². The van der Waals surface area contributed by atoms with Crippen molar-refractivity contribution < 1.29 is 9.90 Å². The van der Waals surface area contributed by atoms with Gasteiger partial charge in [-0.25, -0.2) is 4.79 Å². The molecule has 0 aliphatic carbocycles. The second-order valence-electron chi connectivity index (χ2n) is 5.21. The summed E-state index contributed by atoms with van der Waals surface area (Å²) in [6, 6.07) is 5.32. The van der Waals surface area contributed by atoms with Gasteiger partial charge in [-0.15, -0.1) is 0 Å². The third-order valence-electron chi connectivity index (χ3n) is 3.63. The fraction of sp³-hybridized carbons (Fsp3) is 0.500. The maximum absolute atomic E-state index is 11.4. The van der Waals surface area contributed by atoms with Crippen molar-refractivity contribution in [3.63, 3.8) is 0 Å². The molecule has 3 N–H and O–H groups in total. The summed E-state index contributed by atoms with van der Waals surface area (Å²) in [6.45, 7) is 4.88. The zero-order valence-corrected chi connectivity index (χ0v) is 11.5. The highest BCUT2D eigenvalue weighted by Crippen LogP contribution is 2.30. The molecule has 5 nitrogen and oxygen atoms in total. The Kier molecular flexibility index (Phi) is 3.95. The van der Waals surface area contributed by atoms with E-state index in [1.807, 2.05) is 0 Å². The topological polar surface area (TPSA) is 69.8 Å². The van der Waals surface area contributed by atoms with Gasteiger partial charge in [-0.3, -0.25) is 0 Å². The molecule has 0 saturated carbocycles. The van der Waals surface area contributed by atoms with Crippen LogP contribution in [0.15, 0.2) is 18.2 Å². The molecule has 5 heteroatoms.